The molecule has 0 heterocycles. The van der Waals surface area contributed by atoms with Crippen LogP contribution in [0.15, 0.2) is 60.7 Å². The fourth-order valence-electron chi connectivity index (χ4n) is 1.66. The van der Waals surface area contributed by atoms with Gasteiger partial charge in [0.05, 0.1) is 5.02 Å². The van der Waals surface area contributed by atoms with Crippen LogP contribution in [0.2, 0.25) is 5.02 Å². The van der Waals surface area contributed by atoms with Gasteiger partial charge in [-0.3, -0.25) is 0 Å². The van der Waals surface area contributed by atoms with Gasteiger partial charge in [0.1, 0.15) is 11.5 Å². The first-order valence-corrected chi connectivity index (χ1v) is 6.51. The Morgan fingerprint density at radius 2 is 1.79 bits per heavy atom. The zero-order valence-corrected chi connectivity index (χ0v) is 11.5. The monoisotopic (exact) mass is 273 g/mol. The Bertz CT molecular complexity index is 552. The van der Waals surface area contributed by atoms with Gasteiger partial charge in [0.2, 0.25) is 0 Å². The van der Waals surface area contributed by atoms with Gasteiger partial charge in [-0.25, -0.2) is 0 Å². The van der Waals surface area contributed by atoms with Gasteiger partial charge >= 0.3 is 0 Å². The quantitative estimate of drug-likeness (QED) is 0.832. The van der Waals surface area contributed by atoms with E-state index in [9.17, 15) is 0 Å². The molecule has 0 radical (unpaired) electrons. The number of hydrogen-bond donors (Lipinski definition) is 1. The fraction of sp³-hybridized carbons (Fsp3) is 0.125. The Balaban J connectivity index is 2.27. The van der Waals surface area contributed by atoms with E-state index in [4.69, 9.17) is 16.3 Å². The predicted molar refractivity (Wildman–Crippen MR) is 80.4 cm³/mol. The largest absolute Gasteiger partial charge is 0.455 e. The minimum atomic E-state index is 0.605. The summed E-state index contributed by atoms with van der Waals surface area (Å²) in [5, 5.41) is 3.68. The zero-order chi connectivity index (χ0) is 13.5. The van der Waals surface area contributed by atoms with Gasteiger partial charge in [-0.1, -0.05) is 54.1 Å². The average Bonchev–Trinajstić information content (AvgIpc) is 2.46. The SMILES string of the molecule is CNCC=C(Oc1ccccc1Cl)c1ccccc1. The number of rotatable bonds is 5. The molecule has 1 N–H and O–H groups in total. The smallest absolute Gasteiger partial charge is 0.146 e. The van der Waals surface area contributed by atoms with Crippen molar-refractivity contribution in [2.24, 2.45) is 0 Å². The molecule has 0 bridgehead atoms. The van der Waals surface area contributed by atoms with Crippen LogP contribution in [0.3, 0.4) is 0 Å². The lowest BCUT2D eigenvalue weighted by molar-refractivity contribution is 0.513. The summed E-state index contributed by atoms with van der Waals surface area (Å²) in [5.74, 6) is 1.46. The second-order valence-corrected chi connectivity index (χ2v) is 4.43. The standard InChI is InChI=1S/C16H16ClNO/c1-18-12-11-15(13-7-3-2-4-8-13)19-16-10-6-5-9-14(16)17/h2-11,18H,12H2,1H3. The van der Waals surface area contributed by atoms with Crippen LogP contribution in [0.4, 0.5) is 0 Å². The number of para-hydroxylation sites is 1. The summed E-state index contributed by atoms with van der Waals surface area (Å²) in [6.45, 7) is 0.731. The molecule has 98 valence electrons. The summed E-state index contributed by atoms with van der Waals surface area (Å²) in [4.78, 5) is 0. The van der Waals surface area contributed by atoms with Crippen LogP contribution >= 0.6 is 11.6 Å². The topological polar surface area (TPSA) is 21.3 Å². The molecule has 0 saturated carbocycles. The number of benzene rings is 2. The zero-order valence-electron chi connectivity index (χ0n) is 10.8. The molecule has 0 spiro atoms. The molecule has 2 aromatic rings. The molecule has 0 amide bonds. The number of nitrogens with one attached hydrogen (secondary N) is 1. The van der Waals surface area contributed by atoms with Crippen LogP contribution in [0.1, 0.15) is 5.56 Å². The van der Waals surface area contributed by atoms with E-state index in [2.05, 4.69) is 5.32 Å². The highest BCUT2D eigenvalue weighted by molar-refractivity contribution is 6.32. The summed E-state index contributed by atoms with van der Waals surface area (Å²) in [5.41, 5.74) is 1.03. The van der Waals surface area contributed by atoms with Gasteiger partial charge < -0.3 is 10.1 Å². The van der Waals surface area contributed by atoms with Crippen molar-refractivity contribution < 1.29 is 4.74 Å². The van der Waals surface area contributed by atoms with Crippen LogP contribution in [0.25, 0.3) is 5.76 Å². The third-order valence-corrected chi connectivity index (χ3v) is 2.92. The van der Waals surface area contributed by atoms with Crippen molar-refractivity contribution in [3.63, 3.8) is 0 Å². The minimum Gasteiger partial charge on any atom is -0.455 e. The Labute approximate surface area is 118 Å². The molecule has 0 aliphatic carbocycles. The second kappa shape index (κ2) is 6.98. The van der Waals surface area contributed by atoms with Crippen molar-refractivity contribution in [2.75, 3.05) is 13.6 Å². The van der Waals surface area contributed by atoms with Crippen molar-refractivity contribution in [3.8, 4) is 5.75 Å². The Morgan fingerprint density at radius 1 is 1.11 bits per heavy atom. The van der Waals surface area contributed by atoms with Crippen LogP contribution in [0.5, 0.6) is 5.75 Å². The van der Waals surface area contributed by atoms with Gasteiger partial charge in [-0.2, -0.15) is 0 Å². The van der Waals surface area contributed by atoms with Crippen molar-refractivity contribution in [3.05, 3.63) is 71.3 Å². The third-order valence-electron chi connectivity index (χ3n) is 2.61. The van der Waals surface area contributed by atoms with Crippen LogP contribution in [-0.4, -0.2) is 13.6 Å². The molecule has 0 fully saturated rings. The lowest BCUT2D eigenvalue weighted by Gasteiger charge is -2.12. The van der Waals surface area contributed by atoms with Gasteiger partial charge in [0.15, 0.2) is 0 Å². The lowest BCUT2D eigenvalue weighted by atomic mass is 10.2. The molecule has 19 heavy (non-hydrogen) atoms. The number of ether oxygens (including phenoxy) is 1. The number of likely N-dealkylation sites (N-methyl/N-ethyl adjacent to an activating group) is 1. The summed E-state index contributed by atoms with van der Waals surface area (Å²) in [6, 6.07) is 17.4. The van der Waals surface area contributed by atoms with E-state index < -0.39 is 0 Å². The van der Waals surface area contributed by atoms with E-state index >= 15 is 0 Å². The van der Waals surface area contributed by atoms with Gasteiger partial charge in [0.25, 0.3) is 0 Å². The third kappa shape index (κ3) is 3.85. The average molecular weight is 274 g/mol. The van der Waals surface area contributed by atoms with E-state index in [1.807, 2.05) is 67.7 Å². The molecule has 0 unspecified atom stereocenters. The maximum Gasteiger partial charge on any atom is 0.146 e. The maximum absolute atomic E-state index is 6.12. The molecule has 0 aliphatic heterocycles. The Morgan fingerprint density at radius 3 is 2.47 bits per heavy atom. The van der Waals surface area contributed by atoms with E-state index in [1.54, 1.807) is 0 Å². The molecule has 3 heteroatoms. The second-order valence-electron chi connectivity index (χ2n) is 4.02. The highest BCUT2D eigenvalue weighted by Crippen LogP contribution is 2.28. The molecule has 2 nitrogen and oxygen atoms in total. The molecule has 2 rings (SSSR count). The number of halogens is 1. The first-order chi connectivity index (χ1) is 9.31. The normalized spacial score (nSPS) is 11.4. The predicted octanol–water partition coefficient (Wildman–Crippen LogP) is 3.98. The molecular weight excluding hydrogens is 258 g/mol. The van der Waals surface area contributed by atoms with Crippen LogP contribution in [-0.2, 0) is 0 Å². The van der Waals surface area contributed by atoms with Crippen molar-refractivity contribution in [1.82, 2.24) is 5.32 Å². The van der Waals surface area contributed by atoms with Crippen molar-refractivity contribution in [2.45, 2.75) is 0 Å². The van der Waals surface area contributed by atoms with E-state index in [-0.39, 0.29) is 0 Å². The van der Waals surface area contributed by atoms with E-state index in [0.717, 1.165) is 17.9 Å². The van der Waals surface area contributed by atoms with Gasteiger partial charge in [-0.15, -0.1) is 0 Å². The first-order valence-electron chi connectivity index (χ1n) is 6.14. The van der Waals surface area contributed by atoms with Gasteiger partial charge in [-0.05, 0) is 25.3 Å². The van der Waals surface area contributed by atoms with E-state index in [1.165, 1.54) is 0 Å². The maximum atomic E-state index is 6.12. The summed E-state index contributed by atoms with van der Waals surface area (Å²) in [7, 11) is 1.90. The van der Waals surface area contributed by atoms with Crippen molar-refractivity contribution in [1.29, 1.82) is 0 Å². The summed E-state index contributed by atoms with van der Waals surface area (Å²) < 4.78 is 5.92. The highest BCUT2D eigenvalue weighted by Gasteiger charge is 2.06. The lowest BCUT2D eigenvalue weighted by Crippen LogP contribution is -2.07. The Kier molecular flexibility index (Phi) is 5.01. The van der Waals surface area contributed by atoms with Crippen LogP contribution < -0.4 is 10.1 Å². The summed E-state index contributed by atoms with van der Waals surface area (Å²) >= 11 is 6.12. The molecule has 0 atom stereocenters. The van der Waals surface area contributed by atoms with Gasteiger partial charge in [0, 0.05) is 12.1 Å². The molecule has 0 aromatic heterocycles. The van der Waals surface area contributed by atoms with Crippen LogP contribution in [0, 0.1) is 0 Å². The molecule has 0 saturated heterocycles. The minimum absolute atomic E-state index is 0.605. The van der Waals surface area contributed by atoms with Crippen molar-refractivity contribution >= 4 is 17.4 Å². The number of hydrogen-bond acceptors (Lipinski definition) is 2. The highest BCUT2D eigenvalue weighted by atomic mass is 35.5. The molecule has 2 aromatic carbocycles. The van der Waals surface area contributed by atoms with E-state index in [0.29, 0.717) is 10.8 Å². The fourth-order valence-corrected chi connectivity index (χ4v) is 1.84. The first kappa shape index (κ1) is 13.7. The molecule has 0 aliphatic rings. The Hall–Kier alpha value is -1.77. The molecular formula is C16H16ClNO. The summed E-state index contributed by atoms with van der Waals surface area (Å²) in [6.07, 6.45) is 2.00.